The van der Waals surface area contributed by atoms with Crippen molar-refractivity contribution in [2.24, 2.45) is 0 Å². The van der Waals surface area contributed by atoms with Crippen molar-refractivity contribution in [3.63, 3.8) is 0 Å². The summed E-state index contributed by atoms with van der Waals surface area (Å²) in [7, 11) is 0. The highest BCUT2D eigenvalue weighted by Crippen LogP contribution is 2.34. The number of anilines is 2. The summed E-state index contributed by atoms with van der Waals surface area (Å²) in [4.78, 5) is 14.1. The van der Waals surface area contributed by atoms with E-state index in [2.05, 4.69) is 33.9 Å². The molecule has 1 atom stereocenters. The molecule has 0 saturated carbocycles. The molecule has 0 bridgehead atoms. The summed E-state index contributed by atoms with van der Waals surface area (Å²) >= 11 is 0. The zero-order valence-corrected chi connectivity index (χ0v) is 21.1. The number of rotatable bonds is 9. The van der Waals surface area contributed by atoms with Crippen molar-refractivity contribution in [1.29, 1.82) is 0 Å². The number of nitrogens with zero attached hydrogens (tertiary/aromatic N) is 6. The molecular weight excluding hydrogens is 453 g/mol. The third-order valence-electron chi connectivity index (χ3n) is 7.02. The molecule has 1 fully saturated rings. The van der Waals surface area contributed by atoms with E-state index in [0.29, 0.717) is 0 Å². The maximum absolute atomic E-state index is 14.0. The number of aromatic nitrogens is 4. The molecule has 1 aliphatic rings. The Kier molecular flexibility index (Phi) is 7.41. The minimum Gasteiger partial charge on any atom is -0.369 e. The van der Waals surface area contributed by atoms with Gasteiger partial charge in [-0.15, -0.1) is 5.10 Å². The Morgan fingerprint density at radius 2 is 1.92 bits per heavy atom. The lowest BCUT2D eigenvalue weighted by atomic mass is 9.95. The summed E-state index contributed by atoms with van der Waals surface area (Å²) in [6, 6.07) is 17.0. The smallest absolute Gasteiger partial charge is 0.154 e. The van der Waals surface area contributed by atoms with Crippen molar-refractivity contribution >= 4 is 17.3 Å². The van der Waals surface area contributed by atoms with Gasteiger partial charge in [-0.2, -0.15) is 0 Å². The second-order valence-electron chi connectivity index (χ2n) is 9.23. The fraction of sp³-hybridized carbons (Fsp3) is 0.393. The second kappa shape index (κ2) is 11.0. The van der Waals surface area contributed by atoms with E-state index >= 15 is 0 Å². The van der Waals surface area contributed by atoms with Crippen LogP contribution in [0.5, 0.6) is 0 Å². The number of pyridine rings is 1. The summed E-state index contributed by atoms with van der Waals surface area (Å²) in [6.45, 7) is 9.13. The molecule has 1 saturated heterocycles. The Bertz CT molecular complexity index is 1300. The second-order valence-corrected chi connectivity index (χ2v) is 9.23. The summed E-state index contributed by atoms with van der Waals surface area (Å²) < 4.78 is 15.9. The van der Waals surface area contributed by atoms with Crippen LogP contribution in [-0.2, 0) is 0 Å². The average Bonchev–Trinajstić information content (AvgIpc) is 3.35. The quantitative estimate of drug-likeness (QED) is 0.340. The molecule has 5 rings (SSSR count). The van der Waals surface area contributed by atoms with Gasteiger partial charge in [0, 0.05) is 19.6 Å². The lowest BCUT2D eigenvalue weighted by molar-refractivity contribution is 0.316. The Labute approximate surface area is 212 Å². The summed E-state index contributed by atoms with van der Waals surface area (Å²) in [5.41, 5.74) is 3.43. The topological polar surface area (TPSA) is 61.6 Å². The Hall–Kier alpha value is -3.52. The molecular formula is C28H34FN7. The molecule has 36 heavy (non-hydrogen) atoms. The number of imidazole rings is 1. The number of piperidine rings is 1. The Morgan fingerprint density at radius 1 is 1.06 bits per heavy atom. The first-order chi connectivity index (χ1) is 17.7. The van der Waals surface area contributed by atoms with E-state index in [9.17, 15) is 4.39 Å². The molecule has 0 aliphatic carbocycles. The first kappa shape index (κ1) is 24.2. The van der Waals surface area contributed by atoms with Gasteiger partial charge in [-0.25, -0.2) is 18.9 Å². The standard InChI is InChI=1S/C28H34FN7/c1-3-34(4-2)18-16-30-26-13-8-11-23(32-26)25-20-31-27-14-15-28(33-36(25)27)35-17-6-5-12-24(35)21-9-7-10-22(29)19-21/h7-11,13-15,19-20,24H,3-6,12,16-18H2,1-2H3,(H,30,32). The van der Waals surface area contributed by atoms with E-state index in [4.69, 9.17) is 10.1 Å². The third kappa shape index (κ3) is 5.18. The van der Waals surface area contributed by atoms with Crippen LogP contribution in [0.4, 0.5) is 16.0 Å². The summed E-state index contributed by atoms with van der Waals surface area (Å²) in [5.74, 6) is 1.51. The van der Waals surface area contributed by atoms with Crippen molar-refractivity contribution in [2.75, 3.05) is 42.9 Å². The molecule has 1 unspecified atom stereocenters. The first-order valence-corrected chi connectivity index (χ1v) is 13.0. The van der Waals surface area contributed by atoms with Crippen molar-refractivity contribution in [1.82, 2.24) is 24.5 Å². The van der Waals surface area contributed by atoms with E-state index in [1.807, 2.05) is 47.1 Å². The zero-order chi connectivity index (χ0) is 24.9. The maximum atomic E-state index is 14.0. The van der Waals surface area contributed by atoms with E-state index in [0.717, 1.165) is 86.2 Å². The Morgan fingerprint density at radius 3 is 2.75 bits per heavy atom. The Balaban J connectivity index is 1.41. The van der Waals surface area contributed by atoms with Gasteiger partial charge in [0.2, 0.25) is 0 Å². The molecule has 4 aromatic rings. The highest BCUT2D eigenvalue weighted by Gasteiger charge is 2.26. The molecule has 188 valence electrons. The van der Waals surface area contributed by atoms with E-state index in [1.165, 1.54) is 6.07 Å². The number of halogens is 1. The average molecular weight is 488 g/mol. The zero-order valence-electron chi connectivity index (χ0n) is 21.1. The number of likely N-dealkylation sites (N-methyl/N-ethyl adjacent to an activating group) is 1. The van der Waals surface area contributed by atoms with Crippen LogP contribution in [0.2, 0.25) is 0 Å². The highest BCUT2D eigenvalue weighted by atomic mass is 19.1. The van der Waals surface area contributed by atoms with E-state index < -0.39 is 0 Å². The fourth-order valence-electron chi connectivity index (χ4n) is 5.02. The van der Waals surface area contributed by atoms with Gasteiger partial charge < -0.3 is 15.1 Å². The normalized spacial score (nSPS) is 16.1. The van der Waals surface area contributed by atoms with Gasteiger partial charge in [0.25, 0.3) is 0 Å². The van der Waals surface area contributed by atoms with Gasteiger partial charge in [-0.1, -0.05) is 32.0 Å². The molecule has 4 heterocycles. The van der Waals surface area contributed by atoms with Crippen LogP contribution in [-0.4, -0.2) is 57.2 Å². The number of benzene rings is 1. The van der Waals surface area contributed by atoms with Crippen molar-refractivity contribution < 1.29 is 4.39 Å². The molecule has 3 aromatic heterocycles. The van der Waals surface area contributed by atoms with Crippen LogP contribution in [0.3, 0.4) is 0 Å². The van der Waals surface area contributed by atoms with Crippen LogP contribution in [0, 0.1) is 5.82 Å². The number of nitrogens with one attached hydrogen (secondary N) is 1. The lowest BCUT2D eigenvalue weighted by Crippen LogP contribution is -2.34. The van der Waals surface area contributed by atoms with E-state index in [1.54, 1.807) is 12.1 Å². The van der Waals surface area contributed by atoms with Gasteiger partial charge in [0.1, 0.15) is 23.1 Å². The van der Waals surface area contributed by atoms with Gasteiger partial charge in [0.05, 0.1) is 17.9 Å². The molecule has 1 aliphatic heterocycles. The van der Waals surface area contributed by atoms with Crippen molar-refractivity contribution in [3.05, 3.63) is 72.2 Å². The molecule has 1 N–H and O–H groups in total. The monoisotopic (exact) mass is 487 g/mol. The van der Waals surface area contributed by atoms with Gasteiger partial charge >= 0.3 is 0 Å². The van der Waals surface area contributed by atoms with Gasteiger partial charge in [-0.05, 0) is 74.3 Å². The predicted octanol–water partition coefficient (Wildman–Crippen LogP) is 5.42. The molecule has 8 heteroatoms. The number of hydrogen-bond acceptors (Lipinski definition) is 6. The molecule has 0 radical (unpaired) electrons. The summed E-state index contributed by atoms with van der Waals surface area (Å²) in [5, 5.41) is 8.43. The van der Waals surface area contributed by atoms with Gasteiger partial charge in [0.15, 0.2) is 5.65 Å². The van der Waals surface area contributed by atoms with Crippen LogP contribution in [0.1, 0.15) is 44.7 Å². The first-order valence-electron chi connectivity index (χ1n) is 13.0. The van der Waals surface area contributed by atoms with E-state index in [-0.39, 0.29) is 11.9 Å². The van der Waals surface area contributed by atoms with Crippen LogP contribution < -0.4 is 10.2 Å². The van der Waals surface area contributed by atoms with Gasteiger partial charge in [-0.3, -0.25) is 0 Å². The van der Waals surface area contributed by atoms with Crippen molar-refractivity contribution in [2.45, 2.75) is 39.2 Å². The molecule has 7 nitrogen and oxygen atoms in total. The van der Waals surface area contributed by atoms with Crippen LogP contribution >= 0.6 is 0 Å². The maximum Gasteiger partial charge on any atom is 0.154 e. The van der Waals surface area contributed by atoms with Crippen LogP contribution in [0.25, 0.3) is 17.0 Å². The largest absolute Gasteiger partial charge is 0.369 e. The minimum atomic E-state index is -0.199. The third-order valence-corrected chi connectivity index (χ3v) is 7.02. The highest BCUT2D eigenvalue weighted by molar-refractivity contribution is 5.62. The number of hydrogen-bond donors (Lipinski definition) is 1. The van der Waals surface area contributed by atoms with Crippen LogP contribution in [0.15, 0.2) is 60.8 Å². The summed E-state index contributed by atoms with van der Waals surface area (Å²) in [6.07, 6.45) is 5.01. The minimum absolute atomic E-state index is 0.0998. The van der Waals surface area contributed by atoms with Crippen molar-refractivity contribution in [3.8, 4) is 11.4 Å². The SMILES string of the molecule is CCN(CC)CCNc1cccc(-c2cnc3ccc(N4CCCCC4c4cccc(F)c4)nn23)n1. The predicted molar refractivity (Wildman–Crippen MR) is 143 cm³/mol. The molecule has 1 aromatic carbocycles. The fourth-order valence-corrected chi connectivity index (χ4v) is 5.02. The molecule has 0 spiro atoms. The lowest BCUT2D eigenvalue weighted by Gasteiger charge is -2.37. The number of fused-ring (bicyclic) bond motifs is 1. The molecule has 0 amide bonds.